The Hall–Kier alpha value is -1.64. The van der Waals surface area contributed by atoms with Gasteiger partial charge < -0.3 is 9.84 Å². The molecule has 1 aliphatic rings. The Morgan fingerprint density at radius 1 is 1.16 bits per heavy atom. The predicted octanol–water partition coefficient (Wildman–Crippen LogP) is 5.30. The Kier molecular flexibility index (Phi) is 5.61. The number of hydrogen-bond donors (Lipinski definition) is 1. The number of fused-ring (bicyclic) bond motifs is 1. The molecular weight excluding hydrogens is 308 g/mol. The van der Waals surface area contributed by atoms with Crippen LogP contribution in [-0.2, 0) is 4.74 Å². The normalized spacial score (nSPS) is 26.3. The standard InChI is InChI=1S/C23H30O2/c1-4-25-22-21(16-24)19(13-14-23(22,2)3)12-10-17-9-11-18-7-5-6-8-20(18)15-17/h5-12,15,19,21-22,24H,4,13-14,16H2,1-3H3. The van der Waals surface area contributed by atoms with Gasteiger partial charge in [-0.25, -0.2) is 0 Å². The van der Waals surface area contributed by atoms with Gasteiger partial charge in [0.15, 0.2) is 0 Å². The molecule has 25 heavy (non-hydrogen) atoms. The largest absolute Gasteiger partial charge is 0.396 e. The summed E-state index contributed by atoms with van der Waals surface area (Å²) in [4.78, 5) is 0. The van der Waals surface area contributed by atoms with Gasteiger partial charge in [-0.2, -0.15) is 0 Å². The lowest BCUT2D eigenvalue weighted by Gasteiger charge is -2.46. The van der Waals surface area contributed by atoms with Crippen LogP contribution in [0.2, 0.25) is 0 Å². The molecule has 0 heterocycles. The van der Waals surface area contributed by atoms with Crippen molar-refractivity contribution < 1.29 is 9.84 Å². The van der Waals surface area contributed by atoms with Crippen LogP contribution in [-0.4, -0.2) is 24.4 Å². The van der Waals surface area contributed by atoms with E-state index in [1.54, 1.807) is 0 Å². The van der Waals surface area contributed by atoms with Gasteiger partial charge in [-0.15, -0.1) is 0 Å². The van der Waals surface area contributed by atoms with E-state index in [0.717, 1.165) is 12.8 Å². The van der Waals surface area contributed by atoms with Gasteiger partial charge in [-0.1, -0.05) is 62.4 Å². The average molecular weight is 338 g/mol. The van der Waals surface area contributed by atoms with E-state index in [0.29, 0.717) is 12.5 Å². The number of allylic oxidation sites excluding steroid dienone is 1. The smallest absolute Gasteiger partial charge is 0.0681 e. The SMILES string of the molecule is CCOC1C(CO)C(C=Cc2ccc3ccccc3c2)CCC1(C)C. The zero-order valence-electron chi connectivity index (χ0n) is 15.6. The molecule has 0 aromatic heterocycles. The molecule has 2 aromatic carbocycles. The summed E-state index contributed by atoms with van der Waals surface area (Å²) in [6.45, 7) is 7.45. The molecule has 1 aliphatic carbocycles. The summed E-state index contributed by atoms with van der Waals surface area (Å²) in [6.07, 6.45) is 6.84. The second kappa shape index (κ2) is 7.72. The highest BCUT2D eigenvalue weighted by atomic mass is 16.5. The van der Waals surface area contributed by atoms with Gasteiger partial charge in [0.2, 0.25) is 0 Å². The lowest BCUT2D eigenvalue weighted by atomic mass is 9.65. The lowest BCUT2D eigenvalue weighted by molar-refractivity contribution is -0.107. The average Bonchev–Trinajstić information content (AvgIpc) is 2.62. The molecule has 134 valence electrons. The summed E-state index contributed by atoms with van der Waals surface area (Å²) in [7, 11) is 0. The first-order valence-corrected chi connectivity index (χ1v) is 9.44. The van der Waals surface area contributed by atoms with Crippen molar-refractivity contribution in [1.29, 1.82) is 0 Å². The van der Waals surface area contributed by atoms with Gasteiger partial charge >= 0.3 is 0 Å². The van der Waals surface area contributed by atoms with Crippen LogP contribution in [0.25, 0.3) is 16.8 Å². The van der Waals surface area contributed by atoms with Gasteiger partial charge in [-0.3, -0.25) is 0 Å². The molecule has 1 fully saturated rings. The van der Waals surface area contributed by atoms with Gasteiger partial charge in [0.25, 0.3) is 0 Å². The summed E-state index contributed by atoms with van der Waals surface area (Å²) in [5, 5.41) is 12.5. The van der Waals surface area contributed by atoms with Gasteiger partial charge in [0.1, 0.15) is 0 Å². The zero-order chi connectivity index (χ0) is 17.9. The molecule has 1 saturated carbocycles. The number of ether oxygens (including phenoxy) is 1. The first kappa shape index (κ1) is 18.2. The second-order valence-corrected chi connectivity index (χ2v) is 7.88. The van der Waals surface area contributed by atoms with E-state index >= 15 is 0 Å². The third-order valence-corrected chi connectivity index (χ3v) is 5.70. The molecule has 3 atom stereocenters. The molecule has 0 saturated heterocycles. The number of aliphatic hydroxyl groups excluding tert-OH is 1. The van der Waals surface area contributed by atoms with Crippen molar-refractivity contribution in [2.45, 2.75) is 39.7 Å². The fraction of sp³-hybridized carbons (Fsp3) is 0.478. The molecule has 2 heteroatoms. The summed E-state index contributed by atoms with van der Waals surface area (Å²) in [5.74, 6) is 0.529. The van der Waals surface area contributed by atoms with Crippen LogP contribution in [0, 0.1) is 17.3 Å². The summed E-state index contributed by atoms with van der Waals surface area (Å²) < 4.78 is 6.05. The highest BCUT2D eigenvalue weighted by Crippen LogP contribution is 2.44. The van der Waals surface area contributed by atoms with Crippen LogP contribution in [0.4, 0.5) is 0 Å². The third kappa shape index (κ3) is 3.96. The minimum Gasteiger partial charge on any atom is -0.396 e. The highest BCUT2D eigenvalue weighted by molar-refractivity contribution is 5.84. The first-order chi connectivity index (χ1) is 12.0. The minimum absolute atomic E-state index is 0.113. The van der Waals surface area contributed by atoms with E-state index in [1.807, 2.05) is 6.92 Å². The maximum absolute atomic E-state index is 10.0. The summed E-state index contributed by atoms with van der Waals surface area (Å²) in [6, 6.07) is 15.0. The lowest BCUT2D eigenvalue weighted by Crippen LogP contribution is -2.47. The highest BCUT2D eigenvalue weighted by Gasteiger charge is 2.43. The molecule has 3 rings (SSSR count). The van der Waals surface area contributed by atoms with Crippen molar-refractivity contribution in [3.05, 3.63) is 54.1 Å². The van der Waals surface area contributed by atoms with E-state index < -0.39 is 0 Å². The molecule has 0 bridgehead atoms. The second-order valence-electron chi connectivity index (χ2n) is 7.88. The quantitative estimate of drug-likeness (QED) is 0.801. The molecule has 0 aliphatic heterocycles. The van der Waals surface area contributed by atoms with Crippen LogP contribution < -0.4 is 0 Å². The Morgan fingerprint density at radius 2 is 1.92 bits per heavy atom. The van der Waals surface area contributed by atoms with E-state index in [2.05, 4.69) is 68.5 Å². The fourth-order valence-corrected chi connectivity index (χ4v) is 4.24. The summed E-state index contributed by atoms with van der Waals surface area (Å²) >= 11 is 0. The van der Waals surface area contributed by atoms with Gasteiger partial charge in [-0.05, 0) is 53.5 Å². The summed E-state index contributed by atoms with van der Waals surface area (Å²) in [5.41, 5.74) is 1.34. The van der Waals surface area contributed by atoms with Crippen LogP contribution >= 0.6 is 0 Å². The molecule has 0 spiro atoms. The number of aliphatic hydroxyl groups is 1. The Balaban J connectivity index is 1.81. The topological polar surface area (TPSA) is 29.5 Å². The van der Waals surface area contributed by atoms with Crippen LogP contribution in [0.15, 0.2) is 48.5 Å². The van der Waals surface area contributed by atoms with E-state index in [4.69, 9.17) is 4.74 Å². The van der Waals surface area contributed by atoms with Crippen molar-refractivity contribution in [3.63, 3.8) is 0 Å². The monoisotopic (exact) mass is 338 g/mol. The van der Waals surface area contributed by atoms with Gasteiger partial charge in [0.05, 0.1) is 6.10 Å². The molecule has 1 N–H and O–H groups in total. The number of rotatable bonds is 5. The molecule has 2 aromatic rings. The van der Waals surface area contributed by atoms with Crippen molar-refractivity contribution in [3.8, 4) is 0 Å². The van der Waals surface area contributed by atoms with Crippen LogP contribution in [0.5, 0.6) is 0 Å². The molecule has 0 amide bonds. The van der Waals surface area contributed by atoms with Crippen LogP contribution in [0.3, 0.4) is 0 Å². The molecular formula is C23H30O2. The minimum atomic E-state index is 0.113. The third-order valence-electron chi connectivity index (χ3n) is 5.70. The Labute approximate surface area is 151 Å². The zero-order valence-corrected chi connectivity index (χ0v) is 15.6. The molecule has 0 radical (unpaired) electrons. The van der Waals surface area contributed by atoms with Gasteiger partial charge in [0, 0.05) is 19.1 Å². The van der Waals surface area contributed by atoms with Crippen molar-refractivity contribution >= 4 is 16.8 Å². The maximum atomic E-state index is 10.0. The van der Waals surface area contributed by atoms with E-state index in [-0.39, 0.29) is 24.0 Å². The van der Waals surface area contributed by atoms with E-state index in [1.165, 1.54) is 16.3 Å². The van der Waals surface area contributed by atoms with Crippen LogP contribution in [0.1, 0.15) is 39.2 Å². The maximum Gasteiger partial charge on any atom is 0.0681 e. The predicted molar refractivity (Wildman–Crippen MR) is 105 cm³/mol. The Bertz CT molecular complexity index is 732. The van der Waals surface area contributed by atoms with Crippen molar-refractivity contribution in [1.82, 2.24) is 0 Å². The number of hydrogen-bond acceptors (Lipinski definition) is 2. The van der Waals surface area contributed by atoms with Crippen molar-refractivity contribution in [2.75, 3.05) is 13.2 Å². The Morgan fingerprint density at radius 3 is 2.64 bits per heavy atom. The van der Waals surface area contributed by atoms with Crippen molar-refractivity contribution in [2.24, 2.45) is 17.3 Å². The fourth-order valence-electron chi connectivity index (χ4n) is 4.24. The number of benzene rings is 2. The molecule has 3 unspecified atom stereocenters. The molecule has 2 nitrogen and oxygen atoms in total. The first-order valence-electron chi connectivity index (χ1n) is 9.44. The van der Waals surface area contributed by atoms with E-state index in [9.17, 15) is 5.11 Å².